The Balaban J connectivity index is 2.17. The minimum absolute atomic E-state index is 0.112. The maximum Gasteiger partial charge on any atom is 0.492 e. The standard InChI is InChI=1S/C16H20BF3O3S/c1-14(2)15(3,4)23-17(22-14)12(10-21)9-11-5-7-13(8-6-11)24-16(18,19)20/h5-9,21H,10H2,1-4H3. The van der Waals surface area contributed by atoms with E-state index in [0.717, 1.165) is 0 Å². The smallest absolute Gasteiger partial charge is 0.400 e. The van der Waals surface area contributed by atoms with Gasteiger partial charge in [-0.05, 0) is 62.6 Å². The van der Waals surface area contributed by atoms with E-state index in [1.165, 1.54) is 12.1 Å². The molecule has 1 saturated heterocycles. The molecule has 0 spiro atoms. The second-order valence-corrected chi connectivity index (χ2v) is 7.72. The Morgan fingerprint density at radius 2 is 1.62 bits per heavy atom. The van der Waals surface area contributed by atoms with Crippen molar-refractivity contribution in [2.75, 3.05) is 6.61 Å². The van der Waals surface area contributed by atoms with Crippen molar-refractivity contribution in [2.45, 2.75) is 49.3 Å². The Kier molecular flexibility index (Phi) is 5.44. The predicted molar refractivity (Wildman–Crippen MR) is 89.5 cm³/mol. The Morgan fingerprint density at radius 3 is 2.04 bits per heavy atom. The van der Waals surface area contributed by atoms with Crippen LogP contribution in [-0.4, -0.2) is 35.5 Å². The van der Waals surface area contributed by atoms with Gasteiger partial charge in [-0.3, -0.25) is 0 Å². The Labute approximate surface area is 144 Å². The van der Waals surface area contributed by atoms with Crippen LogP contribution < -0.4 is 0 Å². The van der Waals surface area contributed by atoms with Gasteiger partial charge in [0.25, 0.3) is 0 Å². The number of halogens is 3. The minimum Gasteiger partial charge on any atom is -0.400 e. The number of benzene rings is 1. The van der Waals surface area contributed by atoms with E-state index in [0.29, 0.717) is 11.0 Å². The summed E-state index contributed by atoms with van der Waals surface area (Å²) in [5.41, 5.74) is -4.18. The maximum atomic E-state index is 12.3. The molecule has 0 bridgehead atoms. The van der Waals surface area contributed by atoms with Crippen molar-refractivity contribution in [3.8, 4) is 0 Å². The number of aliphatic hydroxyl groups is 1. The molecule has 0 unspecified atom stereocenters. The van der Waals surface area contributed by atoms with Gasteiger partial charge >= 0.3 is 12.6 Å². The zero-order valence-corrected chi connectivity index (χ0v) is 14.8. The van der Waals surface area contributed by atoms with E-state index in [1.807, 2.05) is 27.7 Å². The molecule has 0 amide bonds. The summed E-state index contributed by atoms with van der Waals surface area (Å²) in [6.07, 6.45) is 1.67. The average Bonchev–Trinajstić information content (AvgIpc) is 2.64. The third-order valence-electron chi connectivity index (χ3n) is 4.20. The molecule has 24 heavy (non-hydrogen) atoms. The Bertz CT molecular complexity index is 596. The van der Waals surface area contributed by atoms with Crippen molar-refractivity contribution in [2.24, 2.45) is 0 Å². The molecule has 0 saturated carbocycles. The van der Waals surface area contributed by atoms with Crippen molar-refractivity contribution < 1.29 is 27.6 Å². The summed E-state index contributed by atoms with van der Waals surface area (Å²) >= 11 is -0.161. The molecule has 1 N–H and O–H groups in total. The second-order valence-electron chi connectivity index (χ2n) is 6.58. The summed E-state index contributed by atoms with van der Waals surface area (Å²) in [4.78, 5) is 0.112. The molecule has 3 nitrogen and oxygen atoms in total. The van der Waals surface area contributed by atoms with E-state index >= 15 is 0 Å². The highest BCUT2D eigenvalue weighted by atomic mass is 32.2. The Hall–Kier alpha value is -0.955. The fraction of sp³-hybridized carbons (Fsp3) is 0.500. The van der Waals surface area contributed by atoms with Gasteiger partial charge in [-0.15, -0.1) is 0 Å². The predicted octanol–water partition coefficient (Wildman–Crippen LogP) is 4.31. The maximum absolute atomic E-state index is 12.3. The molecule has 0 radical (unpaired) electrons. The fourth-order valence-electron chi connectivity index (χ4n) is 2.16. The van der Waals surface area contributed by atoms with Crippen LogP contribution in [0.3, 0.4) is 0 Å². The first-order valence-corrected chi connectivity index (χ1v) is 8.28. The summed E-state index contributed by atoms with van der Waals surface area (Å²) in [7, 11) is -0.691. The van der Waals surface area contributed by atoms with Crippen molar-refractivity contribution in [3.05, 3.63) is 35.3 Å². The van der Waals surface area contributed by atoms with Crippen molar-refractivity contribution in [1.82, 2.24) is 0 Å². The van der Waals surface area contributed by atoms with Gasteiger partial charge in [0.15, 0.2) is 0 Å². The first kappa shape index (κ1) is 19.4. The molecular formula is C16H20BF3O3S. The number of rotatable bonds is 4. The average molecular weight is 360 g/mol. The zero-order valence-electron chi connectivity index (χ0n) is 14.0. The van der Waals surface area contributed by atoms with Crippen LogP contribution in [0.1, 0.15) is 33.3 Å². The van der Waals surface area contributed by atoms with Crippen LogP contribution in [0.4, 0.5) is 13.2 Å². The van der Waals surface area contributed by atoms with Gasteiger partial charge in [0.1, 0.15) is 0 Å². The number of hydrogen-bond donors (Lipinski definition) is 1. The summed E-state index contributed by atoms with van der Waals surface area (Å²) in [6, 6.07) is 5.91. The van der Waals surface area contributed by atoms with E-state index in [9.17, 15) is 18.3 Å². The molecule has 0 aliphatic carbocycles. The first-order valence-electron chi connectivity index (χ1n) is 7.46. The van der Waals surface area contributed by atoms with E-state index in [1.54, 1.807) is 18.2 Å². The molecule has 1 heterocycles. The highest BCUT2D eigenvalue weighted by molar-refractivity contribution is 8.00. The van der Waals surface area contributed by atoms with Crippen molar-refractivity contribution >= 4 is 25.0 Å². The van der Waals surface area contributed by atoms with E-state index in [2.05, 4.69) is 0 Å². The molecule has 0 aromatic heterocycles. The van der Waals surface area contributed by atoms with E-state index < -0.39 is 23.8 Å². The second kappa shape index (κ2) is 6.75. The summed E-state index contributed by atoms with van der Waals surface area (Å²) in [6.45, 7) is 7.36. The number of aliphatic hydroxyl groups excluding tert-OH is 1. The molecule has 1 aliphatic rings. The van der Waals surface area contributed by atoms with Crippen LogP contribution in [0.2, 0.25) is 0 Å². The van der Waals surface area contributed by atoms with Crippen LogP contribution in [-0.2, 0) is 9.31 Å². The molecule has 0 atom stereocenters. The van der Waals surface area contributed by atoms with E-state index in [-0.39, 0.29) is 23.3 Å². The number of thioether (sulfide) groups is 1. The van der Waals surface area contributed by atoms with Crippen molar-refractivity contribution in [3.63, 3.8) is 0 Å². The largest absolute Gasteiger partial charge is 0.492 e. The summed E-state index contributed by atoms with van der Waals surface area (Å²) < 4.78 is 48.8. The van der Waals surface area contributed by atoms with Crippen LogP contribution in [0, 0.1) is 0 Å². The fourth-order valence-corrected chi connectivity index (χ4v) is 2.70. The topological polar surface area (TPSA) is 38.7 Å². The van der Waals surface area contributed by atoms with Gasteiger partial charge < -0.3 is 14.4 Å². The molecule has 1 aliphatic heterocycles. The third-order valence-corrected chi connectivity index (χ3v) is 4.94. The molecular weight excluding hydrogens is 340 g/mol. The molecule has 1 aromatic carbocycles. The van der Waals surface area contributed by atoms with Gasteiger partial charge in [0.05, 0.1) is 17.8 Å². The highest BCUT2D eigenvalue weighted by Crippen LogP contribution is 2.39. The third kappa shape index (κ3) is 4.56. The number of hydrogen-bond acceptors (Lipinski definition) is 4. The quantitative estimate of drug-likeness (QED) is 0.642. The van der Waals surface area contributed by atoms with Crippen LogP contribution in [0.5, 0.6) is 0 Å². The van der Waals surface area contributed by atoms with Crippen LogP contribution >= 0.6 is 11.8 Å². The molecule has 2 rings (SSSR count). The molecule has 132 valence electrons. The molecule has 1 fully saturated rings. The van der Waals surface area contributed by atoms with Gasteiger partial charge in [-0.25, -0.2) is 0 Å². The summed E-state index contributed by atoms with van der Waals surface area (Å²) in [5, 5.41) is 9.61. The van der Waals surface area contributed by atoms with Gasteiger partial charge in [-0.2, -0.15) is 13.2 Å². The van der Waals surface area contributed by atoms with Gasteiger partial charge in [0.2, 0.25) is 0 Å². The lowest BCUT2D eigenvalue weighted by Gasteiger charge is -2.32. The van der Waals surface area contributed by atoms with Crippen LogP contribution in [0.25, 0.3) is 6.08 Å². The van der Waals surface area contributed by atoms with Crippen molar-refractivity contribution in [1.29, 1.82) is 0 Å². The minimum atomic E-state index is -4.31. The first-order chi connectivity index (χ1) is 10.9. The normalized spacial score (nSPS) is 20.5. The van der Waals surface area contributed by atoms with Crippen LogP contribution in [0.15, 0.2) is 34.6 Å². The Morgan fingerprint density at radius 1 is 1.12 bits per heavy atom. The lowest BCUT2D eigenvalue weighted by Crippen LogP contribution is -2.41. The van der Waals surface area contributed by atoms with E-state index in [4.69, 9.17) is 9.31 Å². The molecule has 1 aromatic rings. The molecule has 8 heteroatoms. The van der Waals surface area contributed by atoms with Gasteiger partial charge in [0, 0.05) is 4.90 Å². The summed E-state index contributed by atoms with van der Waals surface area (Å²) in [5.74, 6) is 0. The highest BCUT2D eigenvalue weighted by Gasteiger charge is 2.52. The number of alkyl halides is 3. The SMILES string of the molecule is CC1(C)OB(C(=Cc2ccc(SC(F)(F)F)cc2)CO)OC1(C)C. The monoisotopic (exact) mass is 360 g/mol. The lowest BCUT2D eigenvalue weighted by molar-refractivity contribution is -0.0328. The zero-order chi connectivity index (χ0) is 18.2. The van der Waals surface area contributed by atoms with Gasteiger partial charge in [-0.1, -0.05) is 18.2 Å². The lowest BCUT2D eigenvalue weighted by atomic mass is 9.77.